The van der Waals surface area contributed by atoms with Gasteiger partial charge in [0.05, 0.1) is 5.56 Å². The van der Waals surface area contributed by atoms with Crippen LogP contribution in [0.3, 0.4) is 0 Å². The molecule has 0 radical (unpaired) electrons. The molecule has 1 heterocycles. The summed E-state index contributed by atoms with van der Waals surface area (Å²) in [6, 6.07) is 3.83. The number of rotatable bonds is 0. The maximum atomic E-state index is 12.8. The van der Waals surface area contributed by atoms with Crippen molar-refractivity contribution in [1.82, 2.24) is 0 Å². The summed E-state index contributed by atoms with van der Waals surface area (Å²) in [5, 5.41) is -0.337. The Bertz CT molecular complexity index is 686. The van der Waals surface area contributed by atoms with Crippen molar-refractivity contribution >= 4 is 45.8 Å². The van der Waals surface area contributed by atoms with Crippen molar-refractivity contribution in [3.63, 3.8) is 0 Å². The summed E-state index contributed by atoms with van der Waals surface area (Å²) >= 11 is 16.8. The van der Waals surface area contributed by atoms with Crippen molar-refractivity contribution in [1.29, 1.82) is 0 Å². The Labute approximate surface area is 119 Å². The predicted molar refractivity (Wildman–Crippen MR) is 66.7 cm³/mol. The van der Waals surface area contributed by atoms with E-state index in [0.717, 1.165) is 12.1 Å². The van der Waals surface area contributed by atoms with Gasteiger partial charge in [-0.15, -0.1) is 0 Å². The fraction of sp³-hybridized carbons (Fsp3) is 0.182. The molecule has 102 valence electrons. The number of fused-ring (bicyclic) bond motifs is 1. The Morgan fingerprint density at radius 3 is 2.21 bits per heavy atom. The maximum absolute atomic E-state index is 12.8. The van der Waals surface area contributed by atoms with Gasteiger partial charge in [-0.25, -0.2) is 4.79 Å². The van der Waals surface area contributed by atoms with E-state index >= 15 is 0 Å². The SMILES string of the molecule is O=c1cc(C(F)(F)F)c2cc(C(Cl)(Cl)Cl)ccc2o1. The molecule has 1 aromatic carbocycles. The molecule has 0 N–H and O–H groups in total. The molecule has 2 rings (SSSR count). The molecule has 2 nitrogen and oxygen atoms in total. The standard InChI is InChI=1S/C11H4Cl3F3O2/c12-10(13,14)5-1-2-8-6(3-5)7(11(15,16)17)4-9(18)19-8/h1-4H. The fourth-order valence-corrected chi connectivity index (χ4v) is 1.93. The molecule has 0 bridgehead atoms. The molecule has 1 aromatic heterocycles. The molecule has 0 aliphatic carbocycles. The highest BCUT2D eigenvalue weighted by Crippen LogP contribution is 2.41. The molecule has 0 fully saturated rings. The van der Waals surface area contributed by atoms with E-state index in [-0.39, 0.29) is 16.5 Å². The zero-order valence-electron chi connectivity index (χ0n) is 8.89. The largest absolute Gasteiger partial charge is 0.423 e. The summed E-state index contributed by atoms with van der Waals surface area (Å²) in [6.07, 6.45) is -4.71. The first kappa shape index (κ1) is 14.5. The summed E-state index contributed by atoms with van der Waals surface area (Å²) in [5.41, 5.74) is -2.40. The van der Waals surface area contributed by atoms with Gasteiger partial charge in [0, 0.05) is 17.0 Å². The lowest BCUT2D eigenvalue weighted by Gasteiger charge is -2.14. The van der Waals surface area contributed by atoms with Gasteiger partial charge in [0.1, 0.15) is 5.58 Å². The quantitative estimate of drug-likeness (QED) is 0.520. The van der Waals surface area contributed by atoms with Gasteiger partial charge in [-0.3, -0.25) is 0 Å². The van der Waals surface area contributed by atoms with Gasteiger partial charge in [0.2, 0.25) is 3.79 Å². The van der Waals surface area contributed by atoms with E-state index in [4.69, 9.17) is 34.8 Å². The molecule has 0 aliphatic heterocycles. The molecule has 0 unspecified atom stereocenters. The van der Waals surface area contributed by atoms with Crippen LogP contribution >= 0.6 is 34.8 Å². The molecule has 0 aliphatic rings. The molecule has 0 saturated heterocycles. The monoisotopic (exact) mass is 330 g/mol. The smallest absolute Gasteiger partial charge is 0.417 e. The van der Waals surface area contributed by atoms with Gasteiger partial charge in [0.15, 0.2) is 0 Å². The second-order valence-corrected chi connectivity index (χ2v) is 5.97. The van der Waals surface area contributed by atoms with Gasteiger partial charge in [-0.05, 0) is 12.1 Å². The molecule has 19 heavy (non-hydrogen) atoms. The van der Waals surface area contributed by atoms with Gasteiger partial charge >= 0.3 is 11.8 Å². The van der Waals surface area contributed by atoms with E-state index in [1.165, 1.54) is 6.07 Å². The number of hydrogen-bond donors (Lipinski definition) is 0. The summed E-state index contributed by atoms with van der Waals surface area (Å²) in [4.78, 5) is 11.1. The third-order valence-electron chi connectivity index (χ3n) is 2.38. The zero-order chi connectivity index (χ0) is 14.4. The summed E-state index contributed by atoms with van der Waals surface area (Å²) in [6.45, 7) is 0. The maximum Gasteiger partial charge on any atom is 0.417 e. The predicted octanol–water partition coefficient (Wildman–Crippen LogP) is 4.64. The molecule has 0 saturated carbocycles. The second kappa shape index (κ2) is 4.58. The normalized spacial score (nSPS) is 12.9. The van der Waals surface area contributed by atoms with Crippen molar-refractivity contribution in [3.05, 3.63) is 45.8 Å². The Balaban J connectivity index is 2.84. The van der Waals surface area contributed by atoms with Crippen LogP contribution in [0.25, 0.3) is 11.0 Å². The van der Waals surface area contributed by atoms with E-state index in [9.17, 15) is 18.0 Å². The van der Waals surface area contributed by atoms with Gasteiger partial charge in [-0.1, -0.05) is 40.9 Å². The van der Waals surface area contributed by atoms with E-state index in [1.54, 1.807) is 0 Å². The number of alkyl halides is 6. The van der Waals surface area contributed by atoms with E-state index in [2.05, 4.69) is 4.42 Å². The van der Waals surface area contributed by atoms with Crippen LogP contribution in [0.4, 0.5) is 13.2 Å². The Kier molecular flexibility index (Phi) is 3.49. The molecule has 0 spiro atoms. The molecule has 2 aromatic rings. The molecule has 0 amide bonds. The minimum atomic E-state index is -4.71. The molecular weight excluding hydrogens is 327 g/mol. The average Bonchev–Trinajstić information content (AvgIpc) is 2.24. The van der Waals surface area contributed by atoms with Crippen LogP contribution in [0.1, 0.15) is 11.1 Å². The highest BCUT2D eigenvalue weighted by Gasteiger charge is 2.34. The number of hydrogen-bond acceptors (Lipinski definition) is 2. The van der Waals surface area contributed by atoms with Crippen LogP contribution in [-0.4, -0.2) is 0 Å². The first-order valence-corrected chi connectivity index (χ1v) is 5.95. The van der Waals surface area contributed by atoms with Crippen LogP contribution in [0.15, 0.2) is 33.5 Å². The number of benzene rings is 1. The number of halogens is 6. The summed E-state index contributed by atoms with van der Waals surface area (Å²) < 4.78 is 41.4. The minimum absolute atomic E-state index is 0.0457. The van der Waals surface area contributed by atoms with Crippen LogP contribution in [0, 0.1) is 0 Å². The Morgan fingerprint density at radius 2 is 1.68 bits per heavy atom. The molecular formula is C11H4Cl3F3O2. The van der Waals surface area contributed by atoms with Gasteiger partial charge in [0.25, 0.3) is 0 Å². The van der Waals surface area contributed by atoms with Crippen molar-refractivity contribution in [2.75, 3.05) is 0 Å². The highest BCUT2D eigenvalue weighted by atomic mass is 35.6. The molecule has 0 atom stereocenters. The van der Waals surface area contributed by atoms with Gasteiger partial charge in [-0.2, -0.15) is 13.2 Å². The minimum Gasteiger partial charge on any atom is -0.423 e. The average molecular weight is 332 g/mol. The van der Waals surface area contributed by atoms with Crippen LogP contribution in [0.5, 0.6) is 0 Å². The first-order valence-electron chi connectivity index (χ1n) is 4.81. The Morgan fingerprint density at radius 1 is 1.05 bits per heavy atom. The zero-order valence-corrected chi connectivity index (χ0v) is 11.2. The van der Waals surface area contributed by atoms with Crippen molar-refractivity contribution < 1.29 is 17.6 Å². The van der Waals surface area contributed by atoms with Gasteiger partial charge < -0.3 is 4.42 Å². The van der Waals surface area contributed by atoms with E-state index in [1.807, 2.05) is 0 Å². The lowest BCUT2D eigenvalue weighted by molar-refractivity contribution is -0.136. The third kappa shape index (κ3) is 2.99. The van der Waals surface area contributed by atoms with Crippen LogP contribution < -0.4 is 5.63 Å². The van der Waals surface area contributed by atoms with E-state index in [0.29, 0.717) is 6.07 Å². The first-order chi connectivity index (χ1) is 8.59. The summed E-state index contributed by atoms with van der Waals surface area (Å²) in [5.74, 6) is 0. The molecule has 8 heteroatoms. The Hall–Kier alpha value is -0.910. The van der Waals surface area contributed by atoms with E-state index < -0.39 is 21.2 Å². The summed E-state index contributed by atoms with van der Waals surface area (Å²) in [7, 11) is 0. The van der Waals surface area contributed by atoms with Crippen molar-refractivity contribution in [2.24, 2.45) is 0 Å². The lowest BCUT2D eigenvalue weighted by atomic mass is 10.1. The fourth-order valence-electron chi connectivity index (χ4n) is 1.57. The highest BCUT2D eigenvalue weighted by molar-refractivity contribution is 6.66. The van der Waals surface area contributed by atoms with Crippen LogP contribution in [0.2, 0.25) is 0 Å². The lowest BCUT2D eigenvalue weighted by Crippen LogP contribution is -2.11. The van der Waals surface area contributed by atoms with Crippen LogP contribution in [-0.2, 0) is 9.97 Å². The second-order valence-electron chi connectivity index (χ2n) is 3.69. The van der Waals surface area contributed by atoms with Crippen molar-refractivity contribution in [2.45, 2.75) is 9.97 Å². The third-order valence-corrected chi connectivity index (χ3v) is 3.03. The topological polar surface area (TPSA) is 30.2 Å². The van der Waals surface area contributed by atoms with Crippen molar-refractivity contribution in [3.8, 4) is 0 Å².